The van der Waals surface area contributed by atoms with Crippen molar-refractivity contribution in [1.82, 2.24) is 4.90 Å². The van der Waals surface area contributed by atoms with Gasteiger partial charge in [0.05, 0.1) is 6.10 Å². The summed E-state index contributed by atoms with van der Waals surface area (Å²) in [7, 11) is 1.86. The SMILES string of the molecule is CN(CC1CC(O)C1)C(=O)CCc1cccc(Br)c1. The van der Waals surface area contributed by atoms with E-state index in [0.717, 1.165) is 30.3 Å². The van der Waals surface area contributed by atoms with Gasteiger partial charge in [0.25, 0.3) is 0 Å². The summed E-state index contributed by atoms with van der Waals surface area (Å²) in [6, 6.07) is 8.07. The maximum absolute atomic E-state index is 12.0. The van der Waals surface area contributed by atoms with Crippen LogP contribution in [0.15, 0.2) is 28.7 Å². The fourth-order valence-electron chi connectivity index (χ4n) is 2.47. The number of hydrogen-bond acceptors (Lipinski definition) is 2. The van der Waals surface area contributed by atoms with Gasteiger partial charge >= 0.3 is 0 Å². The van der Waals surface area contributed by atoms with E-state index in [2.05, 4.69) is 22.0 Å². The van der Waals surface area contributed by atoms with Crippen LogP contribution >= 0.6 is 15.9 Å². The lowest BCUT2D eigenvalue weighted by Gasteiger charge is -2.34. The molecular weight excluding hydrogens is 306 g/mol. The Morgan fingerprint density at radius 1 is 1.47 bits per heavy atom. The van der Waals surface area contributed by atoms with Crippen LogP contribution in [0, 0.1) is 5.92 Å². The summed E-state index contributed by atoms with van der Waals surface area (Å²) in [6.07, 6.45) is 2.85. The van der Waals surface area contributed by atoms with Gasteiger partial charge in [-0.25, -0.2) is 0 Å². The van der Waals surface area contributed by atoms with Crippen molar-refractivity contribution < 1.29 is 9.90 Å². The molecule has 1 fully saturated rings. The molecule has 0 spiro atoms. The largest absolute Gasteiger partial charge is 0.393 e. The highest BCUT2D eigenvalue weighted by atomic mass is 79.9. The smallest absolute Gasteiger partial charge is 0.222 e. The normalized spacial score (nSPS) is 21.8. The first-order chi connectivity index (χ1) is 9.04. The number of amides is 1. The zero-order chi connectivity index (χ0) is 13.8. The lowest BCUT2D eigenvalue weighted by Crippen LogP contribution is -2.39. The highest BCUT2D eigenvalue weighted by Crippen LogP contribution is 2.27. The quantitative estimate of drug-likeness (QED) is 0.904. The van der Waals surface area contributed by atoms with E-state index < -0.39 is 0 Å². The zero-order valence-corrected chi connectivity index (χ0v) is 12.8. The van der Waals surface area contributed by atoms with Crippen LogP contribution in [0.5, 0.6) is 0 Å². The van der Waals surface area contributed by atoms with Crippen LogP contribution in [-0.4, -0.2) is 35.6 Å². The molecular formula is C15H20BrNO2. The molecule has 0 aromatic heterocycles. The number of aliphatic hydroxyl groups excluding tert-OH is 1. The molecule has 0 atom stereocenters. The minimum Gasteiger partial charge on any atom is -0.393 e. The molecule has 4 heteroatoms. The molecule has 0 heterocycles. The maximum Gasteiger partial charge on any atom is 0.222 e. The van der Waals surface area contributed by atoms with Crippen molar-refractivity contribution >= 4 is 21.8 Å². The van der Waals surface area contributed by atoms with Crippen molar-refractivity contribution in [1.29, 1.82) is 0 Å². The number of carbonyl (C=O) groups excluding carboxylic acids is 1. The number of rotatable bonds is 5. The highest BCUT2D eigenvalue weighted by Gasteiger charge is 2.28. The Morgan fingerprint density at radius 3 is 2.84 bits per heavy atom. The van der Waals surface area contributed by atoms with E-state index in [1.807, 2.05) is 25.2 Å². The van der Waals surface area contributed by atoms with E-state index in [4.69, 9.17) is 0 Å². The summed E-state index contributed by atoms with van der Waals surface area (Å²) in [5, 5.41) is 9.24. The van der Waals surface area contributed by atoms with Crippen molar-refractivity contribution in [3.63, 3.8) is 0 Å². The standard InChI is InChI=1S/C15H20BrNO2/c1-17(10-12-8-14(18)9-12)15(19)6-5-11-3-2-4-13(16)7-11/h2-4,7,12,14,18H,5-6,8-10H2,1H3. The Bertz CT molecular complexity index is 444. The Morgan fingerprint density at radius 2 is 2.21 bits per heavy atom. The molecule has 0 radical (unpaired) electrons. The Labute approximate surface area is 122 Å². The van der Waals surface area contributed by atoms with Gasteiger partial charge < -0.3 is 10.0 Å². The molecule has 104 valence electrons. The van der Waals surface area contributed by atoms with Crippen molar-refractivity contribution in [3.05, 3.63) is 34.3 Å². The molecule has 0 saturated heterocycles. The summed E-state index contributed by atoms with van der Waals surface area (Å²) in [5.74, 6) is 0.663. The number of aryl methyl sites for hydroxylation is 1. The molecule has 1 aliphatic carbocycles. The van der Waals surface area contributed by atoms with E-state index in [1.54, 1.807) is 4.90 Å². The lowest BCUT2D eigenvalue weighted by atomic mass is 9.82. The number of aliphatic hydroxyl groups is 1. The van der Waals surface area contributed by atoms with Crippen molar-refractivity contribution in [3.8, 4) is 0 Å². The van der Waals surface area contributed by atoms with E-state index >= 15 is 0 Å². The molecule has 19 heavy (non-hydrogen) atoms. The molecule has 3 nitrogen and oxygen atoms in total. The summed E-state index contributed by atoms with van der Waals surface area (Å²) >= 11 is 3.43. The molecule has 1 aromatic carbocycles. The van der Waals surface area contributed by atoms with Gasteiger partial charge in [-0.15, -0.1) is 0 Å². The summed E-state index contributed by atoms with van der Waals surface area (Å²) < 4.78 is 1.05. The van der Waals surface area contributed by atoms with Crippen LogP contribution in [0.2, 0.25) is 0 Å². The van der Waals surface area contributed by atoms with Gasteiger partial charge in [0.1, 0.15) is 0 Å². The molecule has 0 unspecified atom stereocenters. The Hall–Kier alpha value is -0.870. The van der Waals surface area contributed by atoms with Crippen LogP contribution < -0.4 is 0 Å². The van der Waals surface area contributed by atoms with Crippen LogP contribution in [0.1, 0.15) is 24.8 Å². The first kappa shape index (κ1) is 14.5. The third-order valence-electron chi connectivity index (χ3n) is 3.69. The van der Waals surface area contributed by atoms with Crippen LogP contribution in [-0.2, 0) is 11.2 Å². The van der Waals surface area contributed by atoms with Gasteiger partial charge in [-0.3, -0.25) is 4.79 Å². The average Bonchev–Trinajstić information content (AvgIpc) is 2.34. The van der Waals surface area contributed by atoms with Crippen LogP contribution in [0.3, 0.4) is 0 Å². The molecule has 1 aliphatic rings. The topological polar surface area (TPSA) is 40.5 Å². The Kier molecular flexibility index (Phi) is 4.99. The second-order valence-corrected chi connectivity index (χ2v) is 6.31. The molecule has 2 rings (SSSR count). The fourth-order valence-corrected chi connectivity index (χ4v) is 2.92. The van der Waals surface area contributed by atoms with Crippen molar-refractivity contribution in [2.24, 2.45) is 5.92 Å². The minimum absolute atomic E-state index is 0.143. The maximum atomic E-state index is 12.0. The van der Waals surface area contributed by atoms with E-state index in [0.29, 0.717) is 12.3 Å². The lowest BCUT2D eigenvalue weighted by molar-refractivity contribution is -0.131. The predicted molar refractivity (Wildman–Crippen MR) is 78.8 cm³/mol. The molecule has 0 bridgehead atoms. The van der Waals surface area contributed by atoms with Gasteiger partial charge in [-0.2, -0.15) is 0 Å². The van der Waals surface area contributed by atoms with Gasteiger partial charge in [0.15, 0.2) is 0 Å². The second-order valence-electron chi connectivity index (χ2n) is 5.40. The van der Waals surface area contributed by atoms with Crippen LogP contribution in [0.25, 0.3) is 0 Å². The van der Waals surface area contributed by atoms with Gasteiger partial charge in [0, 0.05) is 24.5 Å². The van der Waals surface area contributed by atoms with E-state index in [9.17, 15) is 9.90 Å². The molecule has 1 saturated carbocycles. The van der Waals surface area contributed by atoms with E-state index in [-0.39, 0.29) is 12.0 Å². The van der Waals surface area contributed by atoms with Crippen molar-refractivity contribution in [2.45, 2.75) is 31.8 Å². The average molecular weight is 326 g/mol. The number of hydrogen-bond donors (Lipinski definition) is 1. The van der Waals surface area contributed by atoms with E-state index in [1.165, 1.54) is 5.56 Å². The molecule has 1 amide bonds. The highest BCUT2D eigenvalue weighted by molar-refractivity contribution is 9.10. The van der Waals surface area contributed by atoms with Gasteiger partial charge in [-0.1, -0.05) is 28.1 Å². The van der Waals surface area contributed by atoms with Crippen LogP contribution in [0.4, 0.5) is 0 Å². The number of carbonyl (C=O) groups is 1. The number of nitrogens with zero attached hydrogens (tertiary/aromatic N) is 1. The monoisotopic (exact) mass is 325 g/mol. The third-order valence-corrected chi connectivity index (χ3v) is 4.18. The minimum atomic E-state index is -0.143. The summed E-state index contributed by atoms with van der Waals surface area (Å²) in [6.45, 7) is 0.772. The first-order valence-electron chi connectivity index (χ1n) is 6.71. The molecule has 1 N–H and O–H groups in total. The fraction of sp³-hybridized carbons (Fsp3) is 0.533. The number of halogens is 1. The van der Waals surface area contributed by atoms with Crippen molar-refractivity contribution in [2.75, 3.05) is 13.6 Å². The second kappa shape index (κ2) is 6.53. The van der Waals surface area contributed by atoms with Gasteiger partial charge in [-0.05, 0) is 42.9 Å². The zero-order valence-electron chi connectivity index (χ0n) is 11.2. The summed E-state index contributed by atoms with van der Waals surface area (Å²) in [4.78, 5) is 13.8. The van der Waals surface area contributed by atoms with Gasteiger partial charge in [0.2, 0.25) is 5.91 Å². The third kappa shape index (κ3) is 4.32. The summed E-state index contributed by atoms with van der Waals surface area (Å²) in [5.41, 5.74) is 1.18. The first-order valence-corrected chi connectivity index (χ1v) is 7.50. The Balaban J connectivity index is 1.74. The molecule has 1 aromatic rings. The predicted octanol–water partition coefficient (Wildman–Crippen LogP) is 2.61. The number of benzene rings is 1. The molecule has 0 aliphatic heterocycles.